The molecule has 1 amide bonds. The van der Waals surface area contributed by atoms with Crippen LogP contribution in [0.2, 0.25) is 0 Å². The summed E-state index contributed by atoms with van der Waals surface area (Å²) in [6, 6.07) is 17.7. The van der Waals surface area contributed by atoms with E-state index in [1.54, 1.807) is 23.0 Å². The topological polar surface area (TPSA) is 104 Å². The van der Waals surface area contributed by atoms with Gasteiger partial charge in [-0.2, -0.15) is 0 Å². The summed E-state index contributed by atoms with van der Waals surface area (Å²) in [5.74, 6) is 0.825. The minimum Gasteiger partial charge on any atom is -0.461 e. The van der Waals surface area contributed by atoms with Gasteiger partial charge in [-0.1, -0.05) is 48.2 Å². The second-order valence-electron chi connectivity index (χ2n) is 7.57. The van der Waals surface area contributed by atoms with E-state index in [4.69, 9.17) is 10.2 Å². The summed E-state index contributed by atoms with van der Waals surface area (Å²) in [6.07, 6.45) is 2.58. The maximum absolute atomic E-state index is 13.0. The second kappa shape index (κ2) is 8.47. The summed E-state index contributed by atoms with van der Waals surface area (Å²) >= 11 is 1.28. The highest BCUT2D eigenvalue weighted by Crippen LogP contribution is 2.37. The van der Waals surface area contributed by atoms with Gasteiger partial charge in [-0.15, -0.1) is 10.2 Å². The fourth-order valence-electron chi connectivity index (χ4n) is 3.92. The van der Waals surface area contributed by atoms with Crippen molar-refractivity contribution in [1.29, 1.82) is 0 Å². The number of fused-ring (bicyclic) bond motifs is 3. The lowest BCUT2D eigenvalue weighted by atomic mass is 10.0. The number of nitrogens with zero attached hydrogens (tertiary/aromatic N) is 3. The van der Waals surface area contributed by atoms with Gasteiger partial charge < -0.3 is 10.2 Å². The van der Waals surface area contributed by atoms with Crippen LogP contribution in [0.4, 0.5) is 0 Å². The number of hydrogen-bond acceptors (Lipinski definition) is 6. The van der Waals surface area contributed by atoms with Crippen LogP contribution >= 0.6 is 11.8 Å². The van der Waals surface area contributed by atoms with Crippen LogP contribution in [0.15, 0.2) is 70.4 Å². The summed E-state index contributed by atoms with van der Waals surface area (Å²) < 4.78 is 7.20. The molecule has 2 aromatic carbocycles. The molecular weight excluding hydrogens is 424 g/mol. The molecule has 4 aromatic rings. The molecule has 0 saturated heterocycles. The van der Waals surface area contributed by atoms with E-state index in [1.165, 1.54) is 28.5 Å². The summed E-state index contributed by atoms with van der Waals surface area (Å²) in [5.41, 5.74) is 10.8. The van der Waals surface area contributed by atoms with Crippen LogP contribution in [0.5, 0.6) is 0 Å². The molecule has 8 heteroatoms. The Morgan fingerprint density at radius 1 is 1.03 bits per heavy atom. The van der Waals surface area contributed by atoms with Crippen molar-refractivity contribution in [3.05, 3.63) is 77.6 Å². The van der Waals surface area contributed by atoms with Crippen LogP contribution in [-0.2, 0) is 17.8 Å². The number of amides is 1. The summed E-state index contributed by atoms with van der Waals surface area (Å²) in [7, 11) is 0. The van der Waals surface area contributed by atoms with Gasteiger partial charge in [0, 0.05) is 18.5 Å². The Balaban J connectivity index is 1.35. The van der Waals surface area contributed by atoms with E-state index in [0.717, 1.165) is 12.0 Å². The smallest absolute Gasteiger partial charge is 0.219 e. The molecular formula is C24H20N4O3S. The summed E-state index contributed by atoms with van der Waals surface area (Å²) in [4.78, 5) is 24.3. The van der Waals surface area contributed by atoms with Crippen LogP contribution < -0.4 is 5.73 Å². The zero-order valence-corrected chi connectivity index (χ0v) is 18.0. The standard InChI is InChI=1S/C24H20N4O3S/c25-22(30)9-10-28-23(21-6-3-11-31-21)26-27-24(28)32-14-20(29)17-8-7-16-12-15-4-1-2-5-18(15)19(16)13-17/h1-8,11,13H,9-10,12,14H2,(H2,25,30). The van der Waals surface area contributed by atoms with Crippen molar-refractivity contribution in [3.8, 4) is 22.7 Å². The van der Waals surface area contributed by atoms with E-state index in [0.29, 0.717) is 28.8 Å². The quantitative estimate of drug-likeness (QED) is 0.287. The van der Waals surface area contributed by atoms with E-state index in [9.17, 15) is 9.59 Å². The first kappa shape index (κ1) is 20.3. The van der Waals surface area contributed by atoms with Gasteiger partial charge in [-0.05, 0) is 46.9 Å². The van der Waals surface area contributed by atoms with Crippen LogP contribution in [0.3, 0.4) is 0 Å². The van der Waals surface area contributed by atoms with Crippen LogP contribution in [0.25, 0.3) is 22.7 Å². The Hall–Kier alpha value is -3.65. The van der Waals surface area contributed by atoms with E-state index < -0.39 is 5.91 Å². The van der Waals surface area contributed by atoms with Gasteiger partial charge in [0.15, 0.2) is 22.5 Å². The molecule has 0 fully saturated rings. The van der Waals surface area contributed by atoms with Crippen molar-refractivity contribution >= 4 is 23.5 Å². The Kier molecular flexibility index (Phi) is 5.36. The van der Waals surface area contributed by atoms with Crippen LogP contribution in [0, 0.1) is 0 Å². The number of aromatic nitrogens is 3. The molecule has 160 valence electrons. The third kappa shape index (κ3) is 3.85. The number of ketones is 1. The molecule has 5 rings (SSSR count). The Labute approximate surface area is 188 Å². The Morgan fingerprint density at radius 3 is 2.69 bits per heavy atom. The number of rotatable bonds is 8. The van der Waals surface area contributed by atoms with Crippen molar-refractivity contribution in [1.82, 2.24) is 14.8 Å². The number of carbonyl (C=O) groups excluding carboxylic acids is 2. The Morgan fingerprint density at radius 2 is 1.88 bits per heavy atom. The van der Waals surface area contributed by atoms with Gasteiger partial charge in [-0.3, -0.25) is 14.2 Å². The average Bonchev–Trinajstić information content (AvgIpc) is 3.53. The molecule has 2 aromatic heterocycles. The number of benzene rings is 2. The molecule has 2 heterocycles. The number of nitrogens with two attached hydrogens (primary N) is 1. The molecule has 0 spiro atoms. The molecule has 2 N–H and O–H groups in total. The van der Waals surface area contributed by atoms with Gasteiger partial charge in [0.25, 0.3) is 0 Å². The molecule has 0 unspecified atom stereocenters. The fourth-order valence-corrected chi connectivity index (χ4v) is 4.78. The summed E-state index contributed by atoms with van der Waals surface area (Å²) in [6.45, 7) is 0.310. The maximum Gasteiger partial charge on any atom is 0.219 e. The second-order valence-corrected chi connectivity index (χ2v) is 8.51. The first-order valence-electron chi connectivity index (χ1n) is 10.2. The average molecular weight is 445 g/mol. The monoisotopic (exact) mass is 444 g/mol. The molecule has 0 aliphatic heterocycles. The number of primary amides is 1. The normalized spacial score (nSPS) is 11.9. The lowest BCUT2D eigenvalue weighted by Gasteiger charge is -2.08. The zero-order valence-electron chi connectivity index (χ0n) is 17.2. The number of hydrogen-bond donors (Lipinski definition) is 1. The van der Waals surface area contributed by atoms with Gasteiger partial charge in [-0.25, -0.2) is 0 Å². The van der Waals surface area contributed by atoms with Crippen molar-refractivity contribution in [2.45, 2.75) is 24.5 Å². The van der Waals surface area contributed by atoms with Crippen LogP contribution in [0.1, 0.15) is 27.9 Å². The highest BCUT2D eigenvalue weighted by molar-refractivity contribution is 7.99. The van der Waals surface area contributed by atoms with Crippen LogP contribution in [-0.4, -0.2) is 32.2 Å². The zero-order chi connectivity index (χ0) is 22.1. The highest BCUT2D eigenvalue weighted by atomic mass is 32.2. The molecule has 7 nitrogen and oxygen atoms in total. The molecule has 0 saturated carbocycles. The molecule has 1 aliphatic carbocycles. The van der Waals surface area contributed by atoms with E-state index in [2.05, 4.69) is 22.3 Å². The highest BCUT2D eigenvalue weighted by Gasteiger charge is 2.21. The minimum atomic E-state index is -0.422. The fraction of sp³-hybridized carbons (Fsp3) is 0.167. The molecule has 1 aliphatic rings. The van der Waals surface area contributed by atoms with Crippen molar-refractivity contribution in [2.75, 3.05) is 5.75 Å². The third-order valence-electron chi connectivity index (χ3n) is 5.49. The SMILES string of the molecule is NC(=O)CCn1c(SCC(=O)c2ccc3c(c2)-c2ccccc2C3)nnc1-c1ccco1. The first-order chi connectivity index (χ1) is 15.6. The number of thioether (sulfide) groups is 1. The maximum atomic E-state index is 13.0. The molecule has 32 heavy (non-hydrogen) atoms. The third-order valence-corrected chi connectivity index (χ3v) is 6.46. The van der Waals surface area contributed by atoms with Gasteiger partial charge in [0.05, 0.1) is 12.0 Å². The molecule has 0 bridgehead atoms. The lowest BCUT2D eigenvalue weighted by molar-refractivity contribution is -0.118. The minimum absolute atomic E-state index is 0.00572. The van der Waals surface area contributed by atoms with E-state index in [1.807, 2.05) is 30.3 Å². The van der Waals surface area contributed by atoms with Gasteiger partial charge in [0.2, 0.25) is 5.91 Å². The van der Waals surface area contributed by atoms with Crippen molar-refractivity contribution < 1.29 is 14.0 Å². The number of Topliss-reactive ketones (excluding diaryl/α,β-unsaturated/α-hetero) is 1. The van der Waals surface area contributed by atoms with Crippen molar-refractivity contribution in [2.24, 2.45) is 5.73 Å². The number of furan rings is 1. The lowest BCUT2D eigenvalue weighted by Crippen LogP contribution is -2.15. The first-order valence-corrected chi connectivity index (χ1v) is 11.2. The van der Waals surface area contributed by atoms with Crippen molar-refractivity contribution in [3.63, 3.8) is 0 Å². The molecule has 0 radical (unpaired) electrons. The predicted molar refractivity (Wildman–Crippen MR) is 121 cm³/mol. The van der Waals surface area contributed by atoms with Gasteiger partial charge in [0.1, 0.15) is 0 Å². The van der Waals surface area contributed by atoms with Gasteiger partial charge >= 0.3 is 0 Å². The summed E-state index contributed by atoms with van der Waals surface area (Å²) in [5, 5.41) is 8.95. The predicted octanol–water partition coefficient (Wildman–Crippen LogP) is 3.96. The van der Waals surface area contributed by atoms with E-state index >= 15 is 0 Å². The largest absolute Gasteiger partial charge is 0.461 e. The molecule has 0 atom stereocenters. The number of carbonyl (C=O) groups is 2. The Bertz CT molecular complexity index is 1310. The van der Waals surface area contributed by atoms with E-state index in [-0.39, 0.29) is 18.0 Å².